The lowest BCUT2D eigenvalue weighted by atomic mass is 9.81. The first-order valence-electron chi connectivity index (χ1n) is 8.52. The number of benzene rings is 2. The van der Waals surface area contributed by atoms with Gasteiger partial charge >= 0.3 is 6.61 Å². The van der Waals surface area contributed by atoms with Gasteiger partial charge in [0.2, 0.25) is 0 Å². The maximum atomic E-state index is 13.2. The van der Waals surface area contributed by atoms with Crippen molar-refractivity contribution in [3.63, 3.8) is 0 Å². The van der Waals surface area contributed by atoms with Crippen molar-refractivity contribution in [2.75, 3.05) is 14.2 Å². The average molecular weight is 400 g/mol. The number of hydrogen-bond acceptors (Lipinski definition) is 6. The second-order valence-electron chi connectivity index (χ2n) is 6.43. The van der Waals surface area contributed by atoms with Gasteiger partial charge in [-0.05, 0) is 47.9 Å². The average Bonchev–Trinajstić information content (AvgIpc) is 2.93. The van der Waals surface area contributed by atoms with Gasteiger partial charge in [-0.15, -0.1) is 0 Å². The van der Waals surface area contributed by atoms with Crippen LogP contribution in [0.25, 0.3) is 0 Å². The summed E-state index contributed by atoms with van der Waals surface area (Å²) in [5.41, 5.74) is 5.77. The monoisotopic (exact) mass is 400 g/mol. The van der Waals surface area contributed by atoms with Crippen LogP contribution in [0, 0.1) is 18.3 Å². The van der Waals surface area contributed by atoms with Gasteiger partial charge in [0.1, 0.15) is 17.6 Å². The number of ether oxygens (including phenoxy) is 2. The lowest BCUT2D eigenvalue weighted by molar-refractivity contribution is -0.129. The summed E-state index contributed by atoms with van der Waals surface area (Å²) in [5.74, 6) is -0.109. The molecule has 29 heavy (non-hydrogen) atoms. The van der Waals surface area contributed by atoms with Gasteiger partial charge in [-0.25, -0.2) is 4.99 Å². The van der Waals surface area contributed by atoms with Crippen molar-refractivity contribution >= 4 is 11.9 Å². The minimum absolute atomic E-state index is 0.00474. The molecule has 7 nitrogen and oxygen atoms in total. The minimum Gasteiger partial charge on any atom is -0.495 e. The van der Waals surface area contributed by atoms with Gasteiger partial charge in [0, 0.05) is 7.05 Å². The molecule has 0 aromatic heterocycles. The predicted molar refractivity (Wildman–Crippen MR) is 101 cm³/mol. The fraction of sp³-hybridized carbons (Fsp3) is 0.250. The number of amides is 1. The summed E-state index contributed by atoms with van der Waals surface area (Å²) in [6.45, 7) is -1.39. The first-order chi connectivity index (χ1) is 13.7. The number of halogens is 2. The van der Waals surface area contributed by atoms with E-state index in [2.05, 4.69) is 9.73 Å². The van der Waals surface area contributed by atoms with Crippen LogP contribution in [0.5, 0.6) is 11.5 Å². The van der Waals surface area contributed by atoms with E-state index in [1.807, 2.05) is 6.07 Å². The molecule has 2 aromatic carbocycles. The van der Waals surface area contributed by atoms with Crippen LogP contribution in [0.1, 0.15) is 22.3 Å². The highest BCUT2D eigenvalue weighted by atomic mass is 19.3. The van der Waals surface area contributed by atoms with Gasteiger partial charge < -0.3 is 15.2 Å². The Balaban J connectivity index is 2.24. The first-order valence-corrected chi connectivity index (χ1v) is 8.52. The summed E-state index contributed by atoms with van der Waals surface area (Å²) in [5, 5.41) is 9.43. The molecule has 2 N–H and O–H groups in total. The fourth-order valence-electron chi connectivity index (χ4n) is 3.31. The molecule has 1 atom stereocenters. The van der Waals surface area contributed by atoms with Crippen LogP contribution in [0.4, 0.5) is 8.78 Å². The molecule has 0 saturated heterocycles. The fourth-order valence-corrected chi connectivity index (χ4v) is 3.31. The van der Waals surface area contributed by atoms with Crippen LogP contribution in [0.15, 0.2) is 41.4 Å². The molecule has 1 amide bonds. The summed E-state index contributed by atoms with van der Waals surface area (Å²) < 4.78 is 34.9. The van der Waals surface area contributed by atoms with Crippen molar-refractivity contribution in [2.24, 2.45) is 10.7 Å². The summed E-state index contributed by atoms with van der Waals surface area (Å²) in [6.07, 6.45) is 0. The number of likely N-dealkylation sites (N-methyl/N-ethyl adjacent to an activating group) is 1. The smallest absolute Gasteiger partial charge is 0.387 e. The van der Waals surface area contributed by atoms with E-state index in [1.165, 1.54) is 37.3 Å². The second-order valence-corrected chi connectivity index (χ2v) is 6.43. The van der Waals surface area contributed by atoms with Crippen molar-refractivity contribution < 1.29 is 23.0 Å². The van der Waals surface area contributed by atoms with Crippen molar-refractivity contribution in [3.8, 4) is 17.6 Å². The molecule has 150 valence electrons. The number of carbonyl (C=O) groups is 1. The quantitative estimate of drug-likeness (QED) is 0.831. The van der Waals surface area contributed by atoms with Crippen LogP contribution in [0.3, 0.4) is 0 Å². The van der Waals surface area contributed by atoms with E-state index in [-0.39, 0.29) is 17.3 Å². The molecule has 0 fully saturated rings. The molecule has 0 bridgehead atoms. The summed E-state index contributed by atoms with van der Waals surface area (Å²) in [4.78, 5) is 18.9. The Morgan fingerprint density at radius 3 is 2.31 bits per heavy atom. The maximum Gasteiger partial charge on any atom is 0.387 e. The van der Waals surface area contributed by atoms with E-state index < -0.39 is 18.1 Å². The Labute approximate surface area is 166 Å². The SMILES string of the molecule is COc1ccc(C2(c3ccc(OC(F)F)c(C)c3)N=C(N)N(C)C2=O)cc1C#N. The molecule has 1 aliphatic heterocycles. The molecule has 1 unspecified atom stereocenters. The number of aliphatic imine (C=N–C) groups is 1. The van der Waals surface area contributed by atoms with Crippen LogP contribution in [-0.2, 0) is 10.3 Å². The van der Waals surface area contributed by atoms with Gasteiger partial charge in [0.15, 0.2) is 11.5 Å². The van der Waals surface area contributed by atoms with Crippen molar-refractivity contribution in [3.05, 3.63) is 58.7 Å². The Bertz CT molecular complexity index is 1050. The Morgan fingerprint density at radius 1 is 1.21 bits per heavy atom. The lowest BCUT2D eigenvalue weighted by Gasteiger charge is -2.27. The third-order valence-electron chi connectivity index (χ3n) is 4.79. The maximum absolute atomic E-state index is 13.2. The third-order valence-corrected chi connectivity index (χ3v) is 4.79. The molecule has 0 saturated carbocycles. The Hall–Kier alpha value is -3.67. The van der Waals surface area contributed by atoms with E-state index in [0.717, 1.165) is 0 Å². The highest BCUT2D eigenvalue weighted by molar-refractivity contribution is 6.09. The number of nitrogens with two attached hydrogens (primary N) is 1. The number of methoxy groups -OCH3 is 1. The Kier molecular flexibility index (Phi) is 5.12. The molecule has 0 radical (unpaired) electrons. The molecule has 1 heterocycles. The zero-order chi connectivity index (χ0) is 21.3. The van der Waals surface area contributed by atoms with Crippen LogP contribution in [0.2, 0.25) is 0 Å². The Morgan fingerprint density at radius 2 is 1.83 bits per heavy atom. The number of nitriles is 1. The molecule has 1 aliphatic rings. The normalized spacial score (nSPS) is 18.6. The summed E-state index contributed by atoms with van der Waals surface area (Å²) >= 11 is 0. The number of hydrogen-bond donors (Lipinski definition) is 1. The van der Waals surface area contributed by atoms with Crippen LogP contribution < -0.4 is 15.2 Å². The van der Waals surface area contributed by atoms with E-state index in [0.29, 0.717) is 22.4 Å². The molecule has 0 spiro atoms. The third kappa shape index (κ3) is 3.23. The first kappa shape index (κ1) is 20.1. The number of aryl methyl sites for hydroxylation is 1. The highest BCUT2D eigenvalue weighted by Crippen LogP contribution is 2.41. The van der Waals surface area contributed by atoms with E-state index in [1.54, 1.807) is 25.1 Å². The van der Waals surface area contributed by atoms with Crippen LogP contribution in [-0.4, -0.2) is 37.5 Å². The number of rotatable bonds is 5. The van der Waals surface area contributed by atoms with Gasteiger partial charge in [-0.3, -0.25) is 9.69 Å². The second kappa shape index (κ2) is 7.39. The molecule has 2 aromatic rings. The molecule has 9 heteroatoms. The number of guanidine groups is 1. The highest BCUT2D eigenvalue weighted by Gasteiger charge is 2.49. The molecule has 0 aliphatic carbocycles. The van der Waals surface area contributed by atoms with E-state index in [4.69, 9.17) is 10.5 Å². The molecular formula is C20H18F2N4O3. The number of carbonyl (C=O) groups excluding carboxylic acids is 1. The standard InChI is InChI=1S/C20H18F2N4O3/c1-11-8-13(4-6-15(11)29-18(21)22)20(17(27)26(2)19(24)25-20)14-5-7-16(28-3)12(9-14)10-23/h4-9,18H,1-3H3,(H2,24,25). The van der Waals surface area contributed by atoms with Gasteiger partial charge in [0.05, 0.1) is 12.7 Å². The summed E-state index contributed by atoms with van der Waals surface area (Å²) in [7, 11) is 2.92. The summed E-state index contributed by atoms with van der Waals surface area (Å²) in [6, 6.07) is 11.1. The van der Waals surface area contributed by atoms with Gasteiger partial charge in [-0.2, -0.15) is 14.0 Å². The van der Waals surface area contributed by atoms with Crippen molar-refractivity contribution in [1.29, 1.82) is 5.26 Å². The van der Waals surface area contributed by atoms with E-state index >= 15 is 0 Å². The van der Waals surface area contributed by atoms with Crippen molar-refractivity contribution in [1.82, 2.24) is 4.90 Å². The zero-order valence-corrected chi connectivity index (χ0v) is 15.9. The lowest BCUT2D eigenvalue weighted by Crippen LogP contribution is -2.41. The minimum atomic E-state index is -2.97. The van der Waals surface area contributed by atoms with Crippen LogP contribution >= 0.6 is 0 Å². The van der Waals surface area contributed by atoms with Gasteiger partial charge in [-0.1, -0.05) is 12.1 Å². The number of nitrogens with zero attached hydrogens (tertiary/aromatic N) is 3. The molecule has 3 rings (SSSR count). The largest absolute Gasteiger partial charge is 0.495 e. The zero-order valence-electron chi connectivity index (χ0n) is 15.9. The predicted octanol–water partition coefficient (Wildman–Crippen LogP) is 2.51. The van der Waals surface area contributed by atoms with Gasteiger partial charge in [0.25, 0.3) is 5.91 Å². The number of alkyl halides is 2. The van der Waals surface area contributed by atoms with Crippen molar-refractivity contribution in [2.45, 2.75) is 19.1 Å². The topological polar surface area (TPSA) is 101 Å². The molecular weight excluding hydrogens is 382 g/mol. The van der Waals surface area contributed by atoms with E-state index in [9.17, 15) is 18.8 Å².